The molecule has 134 valence electrons. The Morgan fingerprint density at radius 2 is 1.75 bits per heavy atom. The van der Waals surface area contributed by atoms with Crippen LogP contribution in [0.2, 0.25) is 0 Å². The number of carbonyl (C=O) groups is 2. The molecule has 0 aromatic heterocycles. The molecule has 0 saturated carbocycles. The average molecular weight is 335 g/mol. The van der Waals surface area contributed by atoms with E-state index in [4.69, 9.17) is 4.74 Å². The summed E-state index contributed by atoms with van der Waals surface area (Å²) < 4.78 is 5.42. The molecule has 0 heterocycles. The number of ether oxygens (including phenoxy) is 1. The van der Waals surface area contributed by atoms with Crippen LogP contribution in [0.3, 0.4) is 0 Å². The van der Waals surface area contributed by atoms with Crippen LogP contribution in [0.1, 0.15) is 79.5 Å². The van der Waals surface area contributed by atoms with Crippen LogP contribution in [0.25, 0.3) is 0 Å². The minimum atomic E-state index is -1.09. The molecule has 0 aliphatic heterocycles. The van der Waals surface area contributed by atoms with Gasteiger partial charge >= 0.3 is 5.97 Å². The highest BCUT2D eigenvalue weighted by molar-refractivity contribution is 5.98. The Kier molecular flexibility index (Phi) is 9.58. The van der Waals surface area contributed by atoms with Crippen molar-refractivity contribution in [3.05, 3.63) is 29.3 Å². The maximum atomic E-state index is 12.1. The number of carboxylic acids is 1. The van der Waals surface area contributed by atoms with Crippen molar-refractivity contribution >= 4 is 11.9 Å². The predicted molar refractivity (Wildman–Crippen MR) is 94.9 cm³/mol. The highest BCUT2D eigenvalue weighted by atomic mass is 16.5. The summed E-state index contributed by atoms with van der Waals surface area (Å²) in [4.78, 5) is 23.5. The fraction of sp³-hybridized carbons (Fsp3) is 0.579. The summed E-state index contributed by atoms with van der Waals surface area (Å²) in [6.45, 7) is 5.19. The third-order valence-corrected chi connectivity index (χ3v) is 3.75. The number of benzene rings is 1. The van der Waals surface area contributed by atoms with Gasteiger partial charge in [0.15, 0.2) is 0 Å². The number of carbonyl (C=O) groups excluding carboxylic acids is 1. The molecule has 0 spiro atoms. The summed E-state index contributed by atoms with van der Waals surface area (Å²) >= 11 is 0. The van der Waals surface area contributed by atoms with E-state index in [1.54, 1.807) is 12.1 Å². The lowest BCUT2D eigenvalue weighted by molar-refractivity contribution is 0.0692. The van der Waals surface area contributed by atoms with E-state index in [1.807, 2.05) is 6.92 Å². The van der Waals surface area contributed by atoms with Crippen LogP contribution in [-0.2, 0) is 0 Å². The van der Waals surface area contributed by atoms with Crippen LogP contribution in [0, 0.1) is 0 Å². The largest absolute Gasteiger partial charge is 0.493 e. The summed E-state index contributed by atoms with van der Waals surface area (Å²) in [7, 11) is 0. The summed E-state index contributed by atoms with van der Waals surface area (Å²) in [6.07, 6.45) is 7.75. The SMILES string of the molecule is CCCCCCCCNC(=O)c1ccc(OCCC)c(C(=O)O)c1. The predicted octanol–water partition coefficient (Wildman–Crippen LogP) is 4.26. The zero-order valence-corrected chi connectivity index (χ0v) is 14.8. The van der Waals surface area contributed by atoms with Crippen molar-refractivity contribution in [2.24, 2.45) is 0 Å². The first-order valence-corrected chi connectivity index (χ1v) is 8.88. The van der Waals surface area contributed by atoms with E-state index in [0.717, 1.165) is 19.3 Å². The van der Waals surface area contributed by atoms with Gasteiger partial charge in [-0.2, -0.15) is 0 Å². The summed E-state index contributed by atoms with van der Waals surface area (Å²) in [5, 5.41) is 12.1. The molecule has 1 aromatic rings. The smallest absolute Gasteiger partial charge is 0.339 e. The number of unbranched alkanes of at least 4 members (excludes halogenated alkanes) is 5. The molecule has 5 heteroatoms. The minimum Gasteiger partial charge on any atom is -0.493 e. The highest BCUT2D eigenvalue weighted by Crippen LogP contribution is 2.20. The van der Waals surface area contributed by atoms with E-state index < -0.39 is 5.97 Å². The molecular formula is C19H29NO4. The molecule has 0 atom stereocenters. The maximum absolute atomic E-state index is 12.1. The minimum absolute atomic E-state index is 0.0238. The summed E-state index contributed by atoms with van der Waals surface area (Å²) in [6, 6.07) is 4.54. The van der Waals surface area contributed by atoms with Gasteiger partial charge in [0.1, 0.15) is 11.3 Å². The quantitative estimate of drug-likeness (QED) is 0.560. The average Bonchev–Trinajstić information content (AvgIpc) is 2.58. The monoisotopic (exact) mass is 335 g/mol. The van der Waals surface area contributed by atoms with Gasteiger partial charge in [0.05, 0.1) is 6.61 Å². The van der Waals surface area contributed by atoms with Crippen LogP contribution in [0.4, 0.5) is 0 Å². The second-order valence-corrected chi connectivity index (χ2v) is 5.89. The molecular weight excluding hydrogens is 306 g/mol. The first-order chi connectivity index (χ1) is 11.6. The number of nitrogens with one attached hydrogen (secondary N) is 1. The van der Waals surface area contributed by atoms with E-state index in [0.29, 0.717) is 24.5 Å². The number of aromatic carboxylic acids is 1. The van der Waals surface area contributed by atoms with Gasteiger partial charge < -0.3 is 15.2 Å². The Morgan fingerprint density at radius 1 is 1.04 bits per heavy atom. The van der Waals surface area contributed by atoms with Gasteiger partial charge in [0.2, 0.25) is 0 Å². The lowest BCUT2D eigenvalue weighted by Gasteiger charge is -2.10. The van der Waals surface area contributed by atoms with Gasteiger partial charge in [-0.3, -0.25) is 4.79 Å². The van der Waals surface area contributed by atoms with Gasteiger partial charge in [-0.25, -0.2) is 4.79 Å². The van der Waals surface area contributed by atoms with Crippen LogP contribution >= 0.6 is 0 Å². The van der Waals surface area contributed by atoms with Crippen LogP contribution in [0.5, 0.6) is 5.75 Å². The number of hydrogen-bond acceptors (Lipinski definition) is 3. The first kappa shape index (κ1) is 20.0. The molecule has 24 heavy (non-hydrogen) atoms. The number of rotatable bonds is 12. The molecule has 5 nitrogen and oxygen atoms in total. The first-order valence-electron chi connectivity index (χ1n) is 8.88. The van der Waals surface area contributed by atoms with Crippen LogP contribution < -0.4 is 10.1 Å². The molecule has 0 aliphatic rings. The molecule has 1 aromatic carbocycles. The Bertz CT molecular complexity index is 528. The van der Waals surface area contributed by atoms with Gasteiger partial charge in [0.25, 0.3) is 5.91 Å². The standard InChI is InChI=1S/C19H29NO4/c1-3-5-6-7-8-9-12-20-18(21)15-10-11-17(24-13-4-2)16(14-15)19(22)23/h10-11,14H,3-9,12-13H2,1-2H3,(H,20,21)(H,22,23). The fourth-order valence-electron chi connectivity index (χ4n) is 2.39. The van der Waals surface area contributed by atoms with E-state index in [2.05, 4.69) is 12.2 Å². The molecule has 0 radical (unpaired) electrons. The number of amides is 1. The van der Waals surface area contributed by atoms with Crippen molar-refractivity contribution < 1.29 is 19.4 Å². The van der Waals surface area contributed by atoms with Gasteiger partial charge in [-0.05, 0) is 31.0 Å². The molecule has 0 unspecified atom stereocenters. The van der Waals surface area contributed by atoms with Crippen molar-refractivity contribution in [1.82, 2.24) is 5.32 Å². The third-order valence-electron chi connectivity index (χ3n) is 3.75. The van der Waals surface area contributed by atoms with Crippen molar-refractivity contribution in [3.63, 3.8) is 0 Å². The van der Waals surface area contributed by atoms with Crippen molar-refractivity contribution in [2.45, 2.75) is 58.8 Å². The number of hydrogen-bond donors (Lipinski definition) is 2. The molecule has 0 fully saturated rings. The lowest BCUT2D eigenvalue weighted by atomic mass is 10.1. The van der Waals surface area contributed by atoms with E-state index in [1.165, 1.54) is 31.7 Å². The number of carboxylic acid groups (broad SMARTS) is 1. The van der Waals surface area contributed by atoms with Gasteiger partial charge in [0, 0.05) is 12.1 Å². The second-order valence-electron chi connectivity index (χ2n) is 5.89. The van der Waals surface area contributed by atoms with Gasteiger partial charge in [-0.1, -0.05) is 46.0 Å². The Labute approximate surface area is 144 Å². The van der Waals surface area contributed by atoms with Gasteiger partial charge in [-0.15, -0.1) is 0 Å². The molecule has 0 saturated heterocycles. The van der Waals surface area contributed by atoms with Crippen molar-refractivity contribution in [2.75, 3.05) is 13.2 Å². The van der Waals surface area contributed by atoms with E-state index >= 15 is 0 Å². The Hall–Kier alpha value is -2.04. The Balaban J connectivity index is 2.52. The molecule has 0 bridgehead atoms. The van der Waals surface area contributed by atoms with Crippen LogP contribution in [-0.4, -0.2) is 30.1 Å². The topological polar surface area (TPSA) is 75.6 Å². The molecule has 2 N–H and O–H groups in total. The zero-order chi connectivity index (χ0) is 17.8. The zero-order valence-electron chi connectivity index (χ0n) is 14.8. The third kappa shape index (κ3) is 7.02. The maximum Gasteiger partial charge on any atom is 0.339 e. The Morgan fingerprint density at radius 3 is 2.42 bits per heavy atom. The van der Waals surface area contributed by atoms with Crippen molar-refractivity contribution in [3.8, 4) is 5.75 Å². The fourth-order valence-corrected chi connectivity index (χ4v) is 2.39. The highest BCUT2D eigenvalue weighted by Gasteiger charge is 2.15. The summed E-state index contributed by atoms with van der Waals surface area (Å²) in [5.41, 5.74) is 0.373. The second kappa shape index (κ2) is 11.5. The van der Waals surface area contributed by atoms with Crippen molar-refractivity contribution in [1.29, 1.82) is 0 Å². The molecule has 1 amide bonds. The molecule has 0 aliphatic carbocycles. The van der Waals surface area contributed by atoms with E-state index in [9.17, 15) is 14.7 Å². The van der Waals surface area contributed by atoms with E-state index in [-0.39, 0.29) is 11.5 Å². The lowest BCUT2D eigenvalue weighted by Crippen LogP contribution is -2.24. The van der Waals surface area contributed by atoms with Crippen LogP contribution in [0.15, 0.2) is 18.2 Å². The normalized spacial score (nSPS) is 10.4. The molecule has 1 rings (SSSR count). The summed E-state index contributed by atoms with van der Waals surface area (Å²) in [5.74, 6) is -1.03.